The van der Waals surface area contributed by atoms with Gasteiger partial charge in [0.15, 0.2) is 0 Å². The quantitative estimate of drug-likeness (QED) is 0.613. The zero-order valence-corrected chi connectivity index (χ0v) is 8.89. The minimum atomic E-state index is 0.0819. The SMILES string of the molecule is CC1(C)CNc2cnc3[nH]ccc3c2N1. The Hall–Kier alpha value is -1.71. The summed E-state index contributed by atoms with van der Waals surface area (Å²) in [6.45, 7) is 5.28. The molecule has 0 saturated carbocycles. The van der Waals surface area contributed by atoms with E-state index in [-0.39, 0.29) is 5.54 Å². The van der Waals surface area contributed by atoms with Gasteiger partial charge in [-0.3, -0.25) is 0 Å². The Morgan fingerprint density at radius 2 is 2.27 bits per heavy atom. The van der Waals surface area contributed by atoms with Crippen LogP contribution in [-0.4, -0.2) is 22.1 Å². The Bertz CT molecular complexity index is 512. The molecule has 15 heavy (non-hydrogen) atoms. The van der Waals surface area contributed by atoms with E-state index >= 15 is 0 Å². The standard InChI is InChI=1S/C11H14N4/c1-11(2)6-14-8-5-13-10-7(3-4-12-10)9(8)15-11/h3-5,14-15H,6H2,1-2H3,(H,12,13). The summed E-state index contributed by atoms with van der Waals surface area (Å²) in [4.78, 5) is 7.46. The van der Waals surface area contributed by atoms with Crippen molar-refractivity contribution in [1.82, 2.24) is 9.97 Å². The largest absolute Gasteiger partial charge is 0.380 e. The summed E-state index contributed by atoms with van der Waals surface area (Å²) in [5.41, 5.74) is 3.25. The Morgan fingerprint density at radius 1 is 1.40 bits per heavy atom. The van der Waals surface area contributed by atoms with E-state index in [1.54, 1.807) is 0 Å². The molecular weight excluding hydrogens is 188 g/mol. The van der Waals surface area contributed by atoms with Crippen molar-refractivity contribution in [2.24, 2.45) is 0 Å². The first-order valence-corrected chi connectivity index (χ1v) is 5.14. The predicted octanol–water partition coefficient (Wildman–Crippen LogP) is 2.18. The van der Waals surface area contributed by atoms with Crippen LogP contribution >= 0.6 is 0 Å². The van der Waals surface area contributed by atoms with Gasteiger partial charge in [-0.25, -0.2) is 4.98 Å². The Balaban J connectivity index is 2.24. The highest BCUT2D eigenvalue weighted by atomic mass is 15.1. The zero-order chi connectivity index (χ0) is 10.5. The first-order valence-electron chi connectivity index (χ1n) is 5.14. The molecular formula is C11H14N4. The van der Waals surface area contributed by atoms with Gasteiger partial charge in [-0.05, 0) is 19.9 Å². The Kier molecular flexibility index (Phi) is 1.52. The molecule has 0 spiro atoms. The number of nitrogens with one attached hydrogen (secondary N) is 3. The topological polar surface area (TPSA) is 52.7 Å². The van der Waals surface area contributed by atoms with Crippen LogP contribution in [0.2, 0.25) is 0 Å². The van der Waals surface area contributed by atoms with E-state index in [2.05, 4.69) is 40.5 Å². The molecule has 0 atom stereocenters. The van der Waals surface area contributed by atoms with Gasteiger partial charge in [0.1, 0.15) is 5.65 Å². The van der Waals surface area contributed by atoms with E-state index in [4.69, 9.17) is 0 Å². The average Bonchev–Trinajstić information content (AvgIpc) is 2.64. The second-order valence-electron chi connectivity index (χ2n) is 4.65. The summed E-state index contributed by atoms with van der Waals surface area (Å²) in [6.07, 6.45) is 3.79. The number of rotatable bonds is 0. The highest BCUT2D eigenvalue weighted by Gasteiger charge is 2.25. The van der Waals surface area contributed by atoms with Gasteiger partial charge in [0.25, 0.3) is 0 Å². The Morgan fingerprint density at radius 3 is 3.13 bits per heavy atom. The van der Waals surface area contributed by atoms with Gasteiger partial charge < -0.3 is 15.6 Å². The summed E-state index contributed by atoms with van der Waals surface area (Å²) in [6, 6.07) is 2.05. The summed E-state index contributed by atoms with van der Waals surface area (Å²) < 4.78 is 0. The molecule has 2 aromatic rings. The number of hydrogen-bond acceptors (Lipinski definition) is 3. The molecule has 2 aromatic heterocycles. The van der Waals surface area contributed by atoms with E-state index in [1.165, 1.54) is 0 Å². The highest BCUT2D eigenvalue weighted by molar-refractivity contribution is 5.97. The molecule has 4 nitrogen and oxygen atoms in total. The van der Waals surface area contributed by atoms with Crippen LogP contribution in [0.5, 0.6) is 0 Å². The molecule has 0 saturated heterocycles. The van der Waals surface area contributed by atoms with E-state index in [1.807, 2.05) is 12.4 Å². The third kappa shape index (κ3) is 1.25. The summed E-state index contributed by atoms with van der Waals surface area (Å²) in [5, 5.41) is 8.08. The van der Waals surface area contributed by atoms with Crippen molar-refractivity contribution in [3.63, 3.8) is 0 Å². The maximum atomic E-state index is 4.34. The van der Waals surface area contributed by atoms with Crippen molar-refractivity contribution in [2.75, 3.05) is 17.2 Å². The van der Waals surface area contributed by atoms with Gasteiger partial charge in [-0.1, -0.05) is 0 Å². The fraction of sp³-hybridized carbons (Fsp3) is 0.364. The van der Waals surface area contributed by atoms with Crippen molar-refractivity contribution < 1.29 is 0 Å². The van der Waals surface area contributed by atoms with Gasteiger partial charge >= 0.3 is 0 Å². The predicted molar refractivity (Wildman–Crippen MR) is 62.3 cm³/mol. The van der Waals surface area contributed by atoms with Gasteiger partial charge in [0.2, 0.25) is 0 Å². The highest BCUT2D eigenvalue weighted by Crippen LogP contribution is 2.34. The third-order valence-electron chi connectivity index (χ3n) is 2.77. The molecule has 0 amide bonds. The number of fused-ring (bicyclic) bond motifs is 3. The lowest BCUT2D eigenvalue weighted by molar-refractivity contribution is 0.590. The zero-order valence-electron chi connectivity index (χ0n) is 8.89. The molecule has 0 aliphatic carbocycles. The smallest absolute Gasteiger partial charge is 0.139 e. The minimum Gasteiger partial charge on any atom is -0.380 e. The monoisotopic (exact) mass is 202 g/mol. The average molecular weight is 202 g/mol. The molecule has 78 valence electrons. The van der Waals surface area contributed by atoms with Crippen LogP contribution in [0.3, 0.4) is 0 Å². The molecule has 0 radical (unpaired) electrons. The molecule has 3 rings (SSSR count). The first-order chi connectivity index (χ1) is 7.16. The van der Waals surface area contributed by atoms with E-state index in [9.17, 15) is 0 Å². The van der Waals surface area contributed by atoms with Crippen LogP contribution in [0.15, 0.2) is 18.5 Å². The summed E-state index contributed by atoms with van der Waals surface area (Å²) >= 11 is 0. The van der Waals surface area contributed by atoms with Gasteiger partial charge in [-0.15, -0.1) is 0 Å². The number of hydrogen-bond donors (Lipinski definition) is 3. The third-order valence-corrected chi connectivity index (χ3v) is 2.77. The molecule has 0 unspecified atom stereocenters. The second-order valence-corrected chi connectivity index (χ2v) is 4.65. The number of pyridine rings is 1. The van der Waals surface area contributed by atoms with E-state index < -0.39 is 0 Å². The lowest BCUT2D eigenvalue weighted by Crippen LogP contribution is -2.42. The van der Waals surface area contributed by atoms with Crippen molar-refractivity contribution in [2.45, 2.75) is 19.4 Å². The molecule has 0 aromatic carbocycles. The van der Waals surface area contributed by atoms with Crippen LogP contribution < -0.4 is 10.6 Å². The van der Waals surface area contributed by atoms with Crippen molar-refractivity contribution in [1.29, 1.82) is 0 Å². The molecule has 0 fully saturated rings. The van der Waals surface area contributed by atoms with Crippen LogP contribution in [-0.2, 0) is 0 Å². The number of aromatic amines is 1. The number of nitrogens with zero attached hydrogens (tertiary/aromatic N) is 1. The van der Waals surface area contributed by atoms with Crippen LogP contribution in [0.4, 0.5) is 11.4 Å². The molecule has 4 heteroatoms. The fourth-order valence-corrected chi connectivity index (χ4v) is 1.98. The lowest BCUT2D eigenvalue weighted by Gasteiger charge is -2.34. The maximum Gasteiger partial charge on any atom is 0.139 e. The fourth-order valence-electron chi connectivity index (χ4n) is 1.98. The maximum absolute atomic E-state index is 4.34. The van der Waals surface area contributed by atoms with Crippen LogP contribution in [0, 0.1) is 0 Å². The van der Waals surface area contributed by atoms with Gasteiger partial charge in [0, 0.05) is 23.7 Å². The normalized spacial score (nSPS) is 18.0. The molecule has 1 aliphatic heterocycles. The van der Waals surface area contributed by atoms with E-state index in [0.29, 0.717) is 0 Å². The molecule has 0 bridgehead atoms. The van der Waals surface area contributed by atoms with Gasteiger partial charge in [0.05, 0.1) is 17.6 Å². The molecule has 1 aliphatic rings. The molecule has 3 N–H and O–H groups in total. The first kappa shape index (κ1) is 8.59. The van der Waals surface area contributed by atoms with Crippen LogP contribution in [0.1, 0.15) is 13.8 Å². The molecule has 3 heterocycles. The van der Waals surface area contributed by atoms with Crippen molar-refractivity contribution >= 4 is 22.4 Å². The lowest BCUT2D eigenvalue weighted by atomic mass is 10.0. The Labute approximate surface area is 88.1 Å². The number of H-pyrrole nitrogens is 1. The van der Waals surface area contributed by atoms with Gasteiger partial charge in [-0.2, -0.15) is 0 Å². The number of aromatic nitrogens is 2. The number of anilines is 2. The minimum absolute atomic E-state index is 0.0819. The summed E-state index contributed by atoms with van der Waals surface area (Å²) in [5.74, 6) is 0. The summed E-state index contributed by atoms with van der Waals surface area (Å²) in [7, 11) is 0. The van der Waals surface area contributed by atoms with E-state index in [0.717, 1.165) is 29.0 Å². The second kappa shape index (κ2) is 2.66. The van der Waals surface area contributed by atoms with Crippen molar-refractivity contribution in [3.05, 3.63) is 18.5 Å². The van der Waals surface area contributed by atoms with Crippen molar-refractivity contribution in [3.8, 4) is 0 Å². The van der Waals surface area contributed by atoms with Crippen LogP contribution in [0.25, 0.3) is 11.0 Å².